The second kappa shape index (κ2) is 5.37. The molecule has 1 heteroatoms. The molecular formula is C16H26N+. The number of hydrogen-bond donors (Lipinski definition) is 0. The first kappa shape index (κ1) is 11.5. The van der Waals surface area contributed by atoms with Crippen molar-refractivity contribution in [2.45, 2.75) is 70.6 Å². The molecule has 17 heavy (non-hydrogen) atoms. The van der Waals surface area contributed by atoms with Gasteiger partial charge >= 0.3 is 0 Å². The first-order valence-electron chi connectivity index (χ1n) is 7.77. The maximum Gasteiger partial charge on any atom is 0.179 e. The normalized spacial score (nSPS) is 26.8. The summed E-state index contributed by atoms with van der Waals surface area (Å²) in [6, 6.07) is 0. The lowest BCUT2D eigenvalue weighted by molar-refractivity contribution is -0.538. The molecule has 3 fully saturated rings. The lowest BCUT2D eigenvalue weighted by Gasteiger charge is -2.21. The van der Waals surface area contributed by atoms with Crippen LogP contribution in [0.2, 0.25) is 0 Å². The van der Waals surface area contributed by atoms with Crippen molar-refractivity contribution in [3.05, 3.63) is 11.1 Å². The largest absolute Gasteiger partial charge is 0.233 e. The highest BCUT2D eigenvalue weighted by molar-refractivity contribution is 5.97. The lowest BCUT2D eigenvalue weighted by atomic mass is 9.87. The minimum atomic E-state index is 1.34. The highest BCUT2D eigenvalue weighted by Crippen LogP contribution is 2.33. The summed E-state index contributed by atoms with van der Waals surface area (Å²) in [7, 11) is 0. The van der Waals surface area contributed by atoms with Gasteiger partial charge in [-0.15, -0.1) is 0 Å². The summed E-state index contributed by atoms with van der Waals surface area (Å²) in [6.45, 7) is 2.68. The third kappa shape index (κ3) is 2.48. The van der Waals surface area contributed by atoms with Gasteiger partial charge in [0.05, 0.1) is 0 Å². The zero-order chi connectivity index (χ0) is 11.5. The van der Waals surface area contributed by atoms with Crippen molar-refractivity contribution in [2.75, 3.05) is 13.1 Å². The van der Waals surface area contributed by atoms with Crippen LogP contribution in [-0.4, -0.2) is 23.4 Å². The van der Waals surface area contributed by atoms with Crippen molar-refractivity contribution in [1.82, 2.24) is 0 Å². The van der Waals surface area contributed by atoms with Gasteiger partial charge in [0, 0.05) is 24.8 Å². The van der Waals surface area contributed by atoms with Gasteiger partial charge in [-0.1, -0.05) is 5.57 Å². The molecule has 94 valence electrons. The summed E-state index contributed by atoms with van der Waals surface area (Å²) >= 11 is 0. The summed E-state index contributed by atoms with van der Waals surface area (Å²) in [5.74, 6) is 0. The molecule has 0 atom stereocenters. The highest BCUT2D eigenvalue weighted by Gasteiger charge is 2.27. The maximum absolute atomic E-state index is 2.74. The molecule has 1 saturated heterocycles. The second-order valence-corrected chi connectivity index (χ2v) is 5.99. The fourth-order valence-electron chi connectivity index (χ4n) is 3.89. The lowest BCUT2D eigenvalue weighted by Crippen LogP contribution is -2.30. The molecule has 3 aliphatic rings. The average molecular weight is 232 g/mol. The van der Waals surface area contributed by atoms with E-state index in [2.05, 4.69) is 4.58 Å². The Morgan fingerprint density at radius 1 is 0.588 bits per heavy atom. The molecular weight excluding hydrogens is 206 g/mol. The topological polar surface area (TPSA) is 3.01 Å². The van der Waals surface area contributed by atoms with E-state index >= 15 is 0 Å². The first-order chi connectivity index (χ1) is 8.45. The zero-order valence-corrected chi connectivity index (χ0v) is 11.1. The number of nitrogens with zero attached hydrogens (tertiary/aromatic N) is 1. The van der Waals surface area contributed by atoms with Crippen LogP contribution < -0.4 is 0 Å². The van der Waals surface area contributed by atoms with E-state index in [0.717, 1.165) is 0 Å². The van der Waals surface area contributed by atoms with Crippen LogP contribution in [0.15, 0.2) is 11.1 Å². The first-order valence-corrected chi connectivity index (χ1v) is 7.77. The molecule has 0 aromatic rings. The van der Waals surface area contributed by atoms with Crippen LogP contribution in [0.4, 0.5) is 0 Å². The Morgan fingerprint density at radius 2 is 1.24 bits per heavy atom. The van der Waals surface area contributed by atoms with Gasteiger partial charge in [-0.25, -0.2) is 4.58 Å². The molecule has 2 saturated carbocycles. The maximum atomic E-state index is 2.74. The molecule has 0 aromatic carbocycles. The fourth-order valence-corrected chi connectivity index (χ4v) is 3.89. The third-order valence-corrected chi connectivity index (χ3v) is 4.81. The molecule has 0 bridgehead atoms. The SMILES string of the molecule is C1CC[N+](=C2CCCCC2=C2CCCC2)CC1. The van der Waals surface area contributed by atoms with Crippen LogP contribution in [0.25, 0.3) is 0 Å². The van der Waals surface area contributed by atoms with Crippen LogP contribution in [0.1, 0.15) is 70.6 Å². The van der Waals surface area contributed by atoms with E-state index in [1.807, 2.05) is 11.1 Å². The van der Waals surface area contributed by atoms with Crippen LogP contribution in [0.3, 0.4) is 0 Å². The summed E-state index contributed by atoms with van der Waals surface area (Å²) in [6.07, 6.45) is 15.7. The van der Waals surface area contributed by atoms with E-state index in [1.165, 1.54) is 83.7 Å². The second-order valence-electron chi connectivity index (χ2n) is 5.99. The number of hydrogen-bond acceptors (Lipinski definition) is 0. The summed E-state index contributed by atoms with van der Waals surface area (Å²) in [5.41, 5.74) is 5.42. The Bertz CT molecular complexity index is 333. The van der Waals surface area contributed by atoms with Crippen molar-refractivity contribution in [2.24, 2.45) is 0 Å². The van der Waals surface area contributed by atoms with Crippen LogP contribution in [0, 0.1) is 0 Å². The van der Waals surface area contributed by atoms with Crippen LogP contribution >= 0.6 is 0 Å². The van der Waals surface area contributed by atoms with Gasteiger partial charge in [0.2, 0.25) is 0 Å². The van der Waals surface area contributed by atoms with Gasteiger partial charge < -0.3 is 0 Å². The molecule has 0 aromatic heterocycles. The van der Waals surface area contributed by atoms with Crippen molar-refractivity contribution in [3.8, 4) is 0 Å². The zero-order valence-electron chi connectivity index (χ0n) is 11.1. The third-order valence-electron chi connectivity index (χ3n) is 4.81. The average Bonchev–Trinajstić information content (AvgIpc) is 2.94. The fraction of sp³-hybridized carbons (Fsp3) is 0.812. The summed E-state index contributed by atoms with van der Waals surface area (Å²) < 4.78 is 2.74. The van der Waals surface area contributed by atoms with Gasteiger partial charge in [0.15, 0.2) is 5.71 Å². The monoisotopic (exact) mass is 232 g/mol. The highest BCUT2D eigenvalue weighted by atomic mass is 15.0. The minimum absolute atomic E-state index is 1.34. The van der Waals surface area contributed by atoms with Gasteiger partial charge in [-0.05, 0) is 51.4 Å². The molecule has 0 unspecified atom stereocenters. The Morgan fingerprint density at radius 3 is 2.00 bits per heavy atom. The summed E-state index contributed by atoms with van der Waals surface area (Å²) in [4.78, 5) is 0. The van der Waals surface area contributed by atoms with E-state index in [0.29, 0.717) is 0 Å². The molecule has 0 radical (unpaired) electrons. The van der Waals surface area contributed by atoms with Crippen molar-refractivity contribution >= 4 is 5.71 Å². The Labute approximate surface area is 106 Å². The van der Waals surface area contributed by atoms with Crippen molar-refractivity contribution in [1.29, 1.82) is 0 Å². The van der Waals surface area contributed by atoms with E-state index < -0.39 is 0 Å². The van der Waals surface area contributed by atoms with E-state index in [9.17, 15) is 0 Å². The Hall–Kier alpha value is -0.590. The molecule has 0 N–H and O–H groups in total. The van der Waals surface area contributed by atoms with Crippen molar-refractivity contribution in [3.63, 3.8) is 0 Å². The molecule has 3 rings (SSSR count). The Kier molecular flexibility index (Phi) is 3.63. The number of piperidine rings is 1. The number of allylic oxidation sites excluding steroid dienone is 2. The smallest absolute Gasteiger partial charge is 0.179 e. The molecule has 1 aliphatic heterocycles. The predicted octanol–water partition coefficient (Wildman–Crippen LogP) is 4.07. The predicted molar refractivity (Wildman–Crippen MR) is 72.8 cm³/mol. The molecule has 1 heterocycles. The van der Waals surface area contributed by atoms with Gasteiger partial charge in [0.25, 0.3) is 0 Å². The van der Waals surface area contributed by atoms with Crippen LogP contribution in [-0.2, 0) is 0 Å². The molecule has 1 nitrogen and oxygen atoms in total. The quantitative estimate of drug-likeness (QED) is 0.554. The Balaban J connectivity index is 1.91. The van der Waals surface area contributed by atoms with Crippen LogP contribution in [0.5, 0.6) is 0 Å². The summed E-state index contributed by atoms with van der Waals surface area (Å²) in [5, 5.41) is 0. The van der Waals surface area contributed by atoms with Crippen molar-refractivity contribution < 1.29 is 4.58 Å². The van der Waals surface area contributed by atoms with Gasteiger partial charge in [0.1, 0.15) is 13.1 Å². The molecule has 0 amide bonds. The van der Waals surface area contributed by atoms with E-state index in [1.54, 1.807) is 5.71 Å². The molecule has 0 spiro atoms. The van der Waals surface area contributed by atoms with Gasteiger partial charge in [-0.2, -0.15) is 0 Å². The minimum Gasteiger partial charge on any atom is -0.233 e. The van der Waals surface area contributed by atoms with E-state index in [-0.39, 0.29) is 0 Å². The number of rotatable bonds is 0. The van der Waals surface area contributed by atoms with Gasteiger partial charge in [-0.3, -0.25) is 0 Å². The standard InChI is InChI=1S/C16H26N/c1-6-12-17(13-7-1)16-11-5-4-10-15(16)14-8-2-3-9-14/h1-13H2/q+1. The molecule has 2 aliphatic carbocycles. The van der Waals surface area contributed by atoms with E-state index in [4.69, 9.17) is 0 Å².